The first-order chi connectivity index (χ1) is 40.4. The Bertz CT molecular complexity index is 3640. The number of fused-ring (bicyclic) bond motifs is 1. The second-order valence-electron chi connectivity index (χ2n) is 24.6. The summed E-state index contributed by atoms with van der Waals surface area (Å²) < 4.78 is 24.3. The fourth-order valence-electron chi connectivity index (χ4n) is 14.1. The minimum Gasteiger partial charge on any atom is -0.200 e. The van der Waals surface area contributed by atoms with E-state index in [1.54, 1.807) is 0 Å². The van der Waals surface area contributed by atoms with Crippen molar-refractivity contribution in [3.8, 4) is 67.2 Å². The molecule has 14 rings (SSSR count). The van der Waals surface area contributed by atoms with E-state index in [4.69, 9.17) is 2.74 Å². The first-order valence-electron chi connectivity index (χ1n) is 31.8. The minimum absolute atomic E-state index is 0.131. The van der Waals surface area contributed by atoms with Crippen LogP contribution in [-0.2, 0) is 40.4 Å². The van der Waals surface area contributed by atoms with Crippen molar-refractivity contribution in [3.63, 3.8) is 0 Å². The van der Waals surface area contributed by atoms with Crippen molar-refractivity contribution in [3.05, 3.63) is 234 Å². The van der Waals surface area contributed by atoms with Crippen LogP contribution < -0.4 is 13.7 Å². The molecule has 5 aliphatic carbocycles. The number of nitrogens with zero attached hydrogens (tertiary/aromatic N) is 3. The van der Waals surface area contributed by atoms with Crippen LogP contribution in [0.3, 0.4) is 0 Å². The molecule has 2 atom stereocenters. The summed E-state index contributed by atoms with van der Waals surface area (Å²) in [5.41, 5.74) is 22.7. The van der Waals surface area contributed by atoms with Crippen LogP contribution in [0.5, 0.6) is 0 Å². The van der Waals surface area contributed by atoms with Crippen molar-refractivity contribution in [2.75, 3.05) is 0 Å². The average molecular weight is 1070 g/mol. The van der Waals surface area contributed by atoms with Gasteiger partial charge >= 0.3 is 0 Å². The molecule has 0 aliphatic heterocycles. The third kappa shape index (κ3) is 13.6. The fourth-order valence-corrected chi connectivity index (χ4v) is 14.1. The Morgan fingerprint density at radius 3 is 1.21 bits per heavy atom. The van der Waals surface area contributed by atoms with Crippen molar-refractivity contribution in [1.29, 1.82) is 0 Å². The zero-order chi connectivity index (χ0) is 57.5. The maximum atomic E-state index is 8.79. The third-order valence-corrected chi connectivity index (χ3v) is 18.8. The van der Waals surface area contributed by atoms with E-state index in [-0.39, 0.29) is 5.92 Å². The van der Waals surface area contributed by atoms with Crippen molar-refractivity contribution in [1.82, 2.24) is 0 Å². The predicted molar refractivity (Wildman–Crippen MR) is 338 cm³/mol. The monoisotopic (exact) mass is 1070 g/mol. The lowest BCUT2D eigenvalue weighted by Gasteiger charge is -2.36. The first kappa shape index (κ1) is 53.1. The number of rotatable bonds is 12. The summed E-state index contributed by atoms with van der Waals surface area (Å²) in [6.07, 6.45) is 25.0. The number of pyridine rings is 3. The molecule has 3 nitrogen and oxygen atoms in total. The van der Waals surface area contributed by atoms with Gasteiger partial charge in [0.25, 0.3) is 0 Å². The Kier molecular flexibility index (Phi) is 17.1. The van der Waals surface area contributed by atoms with Crippen LogP contribution in [0.1, 0.15) is 120 Å². The second-order valence-corrected chi connectivity index (χ2v) is 24.6. The molecule has 5 saturated carbocycles. The molecule has 412 valence electrons. The molecule has 2 unspecified atom stereocenters. The molecule has 0 N–H and O–H groups in total. The van der Waals surface area contributed by atoms with Gasteiger partial charge in [-0.05, 0) is 175 Å². The molecular weight excluding hydrogens is 979 g/mol. The Hall–Kier alpha value is -7.23. The summed E-state index contributed by atoms with van der Waals surface area (Å²) in [7, 11) is 6.37. The Balaban J connectivity index is 0.000000130. The molecule has 0 saturated heterocycles. The molecule has 0 radical (unpaired) electrons. The van der Waals surface area contributed by atoms with E-state index >= 15 is 0 Å². The smallest absolute Gasteiger partial charge is 0.200 e. The molecule has 3 heterocycles. The molecule has 0 amide bonds. The van der Waals surface area contributed by atoms with Crippen molar-refractivity contribution < 1.29 is 16.4 Å². The van der Waals surface area contributed by atoms with Gasteiger partial charge in [0.2, 0.25) is 17.1 Å². The number of benzene rings is 6. The van der Waals surface area contributed by atoms with E-state index in [2.05, 4.69) is 244 Å². The van der Waals surface area contributed by atoms with Crippen LogP contribution in [0.25, 0.3) is 67.2 Å². The molecule has 81 heavy (non-hydrogen) atoms. The number of hydrogen-bond donors (Lipinski definition) is 0. The molecule has 6 aromatic carbocycles. The van der Waals surface area contributed by atoms with Gasteiger partial charge in [-0.25, -0.2) is 13.7 Å². The summed E-state index contributed by atoms with van der Waals surface area (Å²) in [5.74, 6) is 4.05. The van der Waals surface area contributed by atoms with Gasteiger partial charge in [0.15, 0.2) is 18.6 Å². The molecule has 3 heteroatoms. The van der Waals surface area contributed by atoms with E-state index in [1.165, 1.54) is 154 Å². The molecule has 2 bridgehead atoms. The van der Waals surface area contributed by atoms with E-state index in [9.17, 15) is 0 Å². The van der Waals surface area contributed by atoms with E-state index < -0.39 is 6.37 Å². The Morgan fingerprint density at radius 1 is 0.358 bits per heavy atom. The van der Waals surface area contributed by atoms with Crippen LogP contribution in [0.15, 0.2) is 201 Å². The number of aromatic nitrogens is 3. The molecule has 9 aromatic rings. The van der Waals surface area contributed by atoms with Crippen LogP contribution in [-0.4, -0.2) is 0 Å². The highest BCUT2D eigenvalue weighted by Gasteiger charge is 2.46. The second kappa shape index (κ2) is 26.1. The highest BCUT2D eigenvalue weighted by Crippen LogP contribution is 2.54. The maximum Gasteiger partial charge on any atom is 0.212 e. The summed E-state index contributed by atoms with van der Waals surface area (Å²) >= 11 is 0. The van der Waals surface area contributed by atoms with Crippen LogP contribution in [0.4, 0.5) is 0 Å². The minimum atomic E-state index is -1.26. The standard InChI is InChI=1S/C26H28N.2C26H30N/c1-18-5-3-4-6-24(18)26-14-13-23(17-27(26)2)20-9-7-19(8-10-20)15-25-21-11-12-22(25)16-21;2*1-20-9-6-7-14-25(20)26-16-15-24(19-27(26)2)23-13-8-12-22(18-23)17-21-10-4-3-5-11-21/h3-10,13-14,17,21-22,25H,11-12,15-16H2,1-2H3;2*6-9,12-16,18-19,21H,3-5,10-11,17H2,1-2H3/q3*+1/i;17D2;. The highest BCUT2D eigenvalue weighted by molar-refractivity contribution is 5.69. The lowest BCUT2D eigenvalue weighted by atomic mass is 9.69. The summed E-state index contributed by atoms with van der Waals surface area (Å²) in [5, 5.41) is 0. The highest BCUT2D eigenvalue weighted by atomic mass is 14.9. The molecule has 5 fully saturated rings. The largest absolute Gasteiger partial charge is 0.212 e. The fraction of sp³-hybridized carbons (Fsp3) is 0.346. The van der Waals surface area contributed by atoms with Gasteiger partial charge in [-0.1, -0.05) is 192 Å². The van der Waals surface area contributed by atoms with Gasteiger partial charge in [0, 0.05) is 54.3 Å². The normalized spacial score (nSPS) is 18.3. The average Bonchev–Trinajstić information content (AvgIpc) is 4.40. The maximum absolute atomic E-state index is 8.79. The lowest BCUT2D eigenvalue weighted by Crippen LogP contribution is -2.30. The lowest BCUT2D eigenvalue weighted by molar-refractivity contribution is -0.660. The van der Waals surface area contributed by atoms with Crippen LogP contribution in [0, 0.1) is 50.4 Å². The molecular formula is C78H88N3+3. The number of hydrogen-bond acceptors (Lipinski definition) is 0. The van der Waals surface area contributed by atoms with Gasteiger partial charge in [-0.3, -0.25) is 0 Å². The molecule has 0 spiro atoms. The molecule has 5 aliphatic rings. The summed E-state index contributed by atoms with van der Waals surface area (Å²) in [4.78, 5) is 0. The Labute approximate surface area is 489 Å². The predicted octanol–water partition coefficient (Wildman–Crippen LogP) is 18.3. The van der Waals surface area contributed by atoms with Gasteiger partial charge in [-0.2, -0.15) is 0 Å². The van der Waals surface area contributed by atoms with Crippen molar-refractivity contribution >= 4 is 0 Å². The van der Waals surface area contributed by atoms with Crippen molar-refractivity contribution in [2.24, 2.45) is 50.7 Å². The first-order valence-corrected chi connectivity index (χ1v) is 30.8. The summed E-state index contributed by atoms with van der Waals surface area (Å²) in [6.45, 7) is 6.49. The Morgan fingerprint density at radius 2 is 0.765 bits per heavy atom. The van der Waals surface area contributed by atoms with Gasteiger partial charge in [0.05, 0.1) is 0 Å². The van der Waals surface area contributed by atoms with Gasteiger partial charge in [-0.15, -0.1) is 0 Å². The third-order valence-electron chi connectivity index (χ3n) is 18.8. The van der Waals surface area contributed by atoms with Crippen LogP contribution in [0.2, 0.25) is 0 Å². The van der Waals surface area contributed by atoms with Gasteiger partial charge in [0.1, 0.15) is 21.1 Å². The van der Waals surface area contributed by atoms with Gasteiger partial charge < -0.3 is 0 Å². The SMILES string of the molecule is Cc1ccccc1-c1ccc(-c2ccc(CC3C4CCC3C4)cc2)c[n+]1C.Cc1ccccc1-c1ccc(-c2cccc(CC3CCCCC3)c2)c[n+]1C.[2H]C([2H])(c1cccc(-c2ccc(-c3ccccc3C)[n+](C)c2)c1)C1CCCCC1. The quantitative estimate of drug-likeness (QED) is 0.108. The zero-order valence-corrected chi connectivity index (χ0v) is 49.4. The summed E-state index contributed by atoms with van der Waals surface area (Å²) in [6, 6.07) is 65.6. The molecule has 3 aromatic heterocycles. The van der Waals surface area contributed by atoms with E-state index in [0.29, 0.717) is 0 Å². The number of aryl methyl sites for hydroxylation is 6. The van der Waals surface area contributed by atoms with Crippen molar-refractivity contribution in [2.45, 2.75) is 123 Å². The topological polar surface area (TPSA) is 11.6 Å². The van der Waals surface area contributed by atoms with Crippen LogP contribution >= 0.6 is 0 Å². The van der Waals surface area contributed by atoms with E-state index in [1.807, 2.05) is 12.1 Å². The zero-order valence-electron chi connectivity index (χ0n) is 51.4. The van der Waals surface area contributed by atoms with E-state index in [0.717, 1.165) is 66.0 Å².